The summed E-state index contributed by atoms with van der Waals surface area (Å²) in [5.41, 5.74) is 5.06. The Bertz CT molecular complexity index is 400. The second-order valence-electron chi connectivity index (χ2n) is 3.26. The number of rotatable bonds is 3. The Labute approximate surface area is 96.8 Å². The Morgan fingerprint density at radius 3 is 2.75 bits per heavy atom. The Hall–Kier alpha value is -1.33. The van der Waals surface area contributed by atoms with Crippen LogP contribution in [0.25, 0.3) is 0 Å². The maximum absolute atomic E-state index is 13.1. The number of hydrogen-bond donors (Lipinski definition) is 2. The molecule has 16 heavy (non-hydrogen) atoms. The molecule has 88 valence electrons. The summed E-state index contributed by atoms with van der Waals surface area (Å²) in [4.78, 5) is 10.5. The third-order valence-corrected chi connectivity index (χ3v) is 2.34. The van der Waals surface area contributed by atoms with Gasteiger partial charge in [0.15, 0.2) is 0 Å². The van der Waals surface area contributed by atoms with E-state index in [0.717, 1.165) is 6.07 Å². The number of primary amides is 1. The number of ether oxygens (including phenoxy) is 1. The maximum atomic E-state index is 13.1. The zero-order valence-corrected chi connectivity index (χ0v) is 9.24. The van der Waals surface area contributed by atoms with Crippen LogP contribution in [0.2, 0.25) is 5.02 Å². The molecule has 6 heteroatoms. The lowest BCUT2D eigenvalue weighted by Gasteiger charge is -2.18. The van der Waals surface area contributed by atoms with E-state index in [2.05, 4.69) is 4.74 Å². The van der Waals surface area contributed by atoms with Gasteiger partial charge in [-0.3, -0.25) is 0 Å². The second-order valence-corrected chi connectivity index (χ2v) is 3.67. The maximum Gasteiger partial charge on any atom is 0.404 e. The first-order valence-electron chi connectivity index (χ1n) is 4.51. The van der Waals surface area contributed by atoms with Gasteiger partial charge in [0.2, 0.25) is 0 Å². The standard InChI is InChI=1S/C10H11ClFNO3/c1-5(16-10(13)15)9(14)6-2-3-7(11)8(12)4-6/h2-5,9,14H,1H3,(H2,13,15)/t5-,9+/m0/s1. The van der Waals surface area contributed by atoms with Gasteiger partial charge in [-0.05, 0) is 24.6 Å². The van der Waals surface area contributed by atoms with Crippen LogP contribution in [0.4, 0.5) is 9.18 Å². The average molecular weight is 248 g/mol. The summed E-state index contributed by atoms with van der Waals surface area (Å²) in [6.07, 6.45) is -3.02. The number of aliphatic hydroxyl groups is 1. The Balaban J connectivity index is 2.83. The highest BCUT2D eigenvalue weighted by Crippen LogP contribution is 2.23. The highest BCUT2D eigenvalue weighted by Gasteiger charge is 2.20. The number of carbonyl (C=O) groups excluding carboxylic acids is 1. The predicted molar refractivity (Wildman–Crippen MR) is 56.5 cm³/mol. The first-order valence-corrected chi connectivity index (χ1v) is 4.88. The molecular weight excluding hydrogens is 237 g/mol. The summed E-state index contributed by atoms with van der Waals surface area (Å²) in [5.74, 6) is -0.649. The quantitative estimate of drug-likeness (QED) is 0.858. The summed E-state index contributed by atoms with van der Waals surface area (Å²) in [6.45, 7) is 1.45. The lowest BCUT2D eigenvalue weighted by Crippen LogP contribution is -2.25. The molecule has 0 heterocycles. The Morgan fingerprint density at radius 1 is 1.62 bits per heavy atom. The van der Waals surface area contributed by atoms with E-state index in [0.29, 0.717) is 0 Å². The minimum Gasteiger partial charge on any atom is -0.444 e. The van der Waals surface area contributed by atoms with Crippen LogP contribution in [0.3, 0.4) is 0 Å². The molecule has 0 unspecified atom stereocenters. The van der Waals surface area contributed by atoms with Gasteiger partial charge in [-0.2, -0.15) is 0 Å². The fourth-order valence-corrected chi connectivity index (χ4v) is 1.33. The fraction of sp³-hybridized carbons (Fsp3) is 0.300. The number of hydrogen-bond acceptors (Lipinski definition) is 3. The molecular formula is C10H11ClFNO3. The zero-order chi connectivity index (χ0) is 12.3. The monoisotopic (exact) mass is 247 g/mol. The van der Waals surface area contributed by atoms with E-state index < -0.39 is 24.1 Å². The van der Waals surface area contributed by atoms with Crippen molar-refractivity contribution in [2.75, 3.05) is 0 Å². The number of halogens is 2. The largest absolute Gasteiger partial charge is 0.444 e. The minimum atomic E-state index is -1.15. The van der Waals surface area contributed by atoms with Crippen LogP contribution in [0.1, 0.15) is 18.6 Å². The molecule has 0 saturated carbocycles. The number of amides is 1. The van der Waals surface area contributed by atoms with Gasteiger partial charge >= 0.3 is 6.09 Å². The zero-order valence-electron chi connectivity index (χ0n) is 8.48. The summed E-state index contributed by atoms with van der Waals surface area (Å²) < 4.78 is 17.7. The molecule has 0 radical (unpaired) electrons. The third-order valence-electron chi connectivity index (χ3n) is 2.03. The predicted octanol–water partition coefficient (Wildman–Crippen LogP) is 2.00. The van der Waals surface area contributed by atoms with Crippen LogP contribution in [-0.4, -0.2) is 17.3 Å². The summed E-state index contributed by atoms with van der Waals surface area (Å²) in [5, 5.41) is 9.67. The topological polar surface area (TPSA) is 72.5 Å². The van der Waals surface area contributed by atoms with E-state index in [-0.39, 0.29) is 10.6 Å². The van der Waals surface area contributed by atoms with E-state index in [1.54, 1.807) is 0 Å². The van der Waals surface area contributed by atoms with Crippen molar-refractivity contribution in [2.45, 2.75) is 19.1 Å². The molecule has 0 bridgehead atoms. The van der Waals surface area contributed by atoms with Gasteiger partial charge in [-0.1, -0.05) is 17.7 Å². The molecule has 0 saturated heterocycles. The van der Waals surface area contributed by atoms with Crippen LogP contribution in [0.15, 0.2) is 18.2 Å². The van der Waals surface area contributed by atoms with Crippen molar-refractivity contribution < 1.29 is 19.0 Å². The number of aliphatic hydroxyl groups excluding tert-OH is 1. The van der Waals surface area contributed by atoms with Crippen molar-refractivity contribution in [1.82, 2.24) is 0 Å². The van der Waals surface area contributed by atoms with E-state index >= 15 is 0 Å². The van der Waals surface area contributed by atoms with Crippen LogP contribution >= 0.6 is 11.6 Å². The SMILES string of the molecule is C[C@H](OC(N)=O)[C@@H](O)c1ccc(Cl)c(F)c1. The van der Waals surface area contributed by atoms with Gasteiger partial charge in [0.05, 0.1) is 5.02 Å². The molecule has 2 atom stereocenters. The van der Waals surface area contributed by atoms with Gasteiger partial charge in [-0.15, -0.1) is 0 Å². The molecule has 0 aliphatic rings. The van der Waals surface area contributed by atoms with Crippen molar-refractivity contribution >= 4 is 17.7 Å². The van der Waals surface area contributed by atoms with Gasteiger partial charge in [0, 0.05) is 0 Å². The van der Waals surface area contributed by atoms with Crippen LogP contribution in [0.5, 0.6) is 0 Å². The van der Waals surface area contributed by atoms with Gasteiger partial charge < -0.3 is 15.6 Å². The van der Waals surface area contributed by atoms with Crippen LogP contribution in [-0.2, 0) is 4.74 Å². The number of carbonyl (C=O) groups is 1. The van der Waals surface area contributed by atoms with E-state index in [4.69, 9.17) is 17.3 Å². The van der Waals surface area contributed by atoms with Crippen LogP contribution < -0.4 is 5.73 Å². The van der Waals surface area contributed by atoms with E-state index in [1.165, 1.54) is 19.1 Å². The lowest BCUT2D eigenvalue weighted by molar-refractivity contribution is 0.0156. The highest BCUT2D eigenvalue weighted by atomic mass is 35.5. The van der Waals surface area contributed by atoms with Crippen molar-refractivity contribution in [2.24, 2.45) is 5.73 Å². The molecule has 3 N–H and O–H groups in total. The smallest absolute Gasteiger partial charge is 0.404 e. The van der Waals surface area contributed by atoms with E-state index in [1.807, 2.05) is 0 Å². The molecule has 1 rings (SSSR count). The van der Waals surface area contributed by atoms with Gasteiger partial charge in [0.25, 0.3) is 0 Å². The molecule has 4 nitrogen and oxygen atoms in total. The molecule has 0 aromatic heterocycles. The summed E-state index contributed by atoms with van der Waals surface area (Å²) in [6, 6.07) is 3.83. The normalized spacial score (nSPS) is 14.2. The Kier molecular flexibility index (Phi) is 4.09. The molecule has 1 aromatic rings. The molecule has 0 fully saturated rings. The molecule has 0 aliphatic heterocycles. The van der Waals surface area contributed by atoms with Crippen molar-refractivity contribution in [3.05, 3.63) is 34.6 Å². The highest BCUT2D eigenvalue weighted by molar-refractivity contribution is 6.30. The Morgan fingerprint density at radius 2 is 2.25 bits per heavy atom. The second kappa shape index (κ2) is 5.14. The first kappa shape index (κ1) is 12.7. The lowest BCUT2D eigenvalue weighted by atomic mass is 10.1. The number of nitrogens with two attached hydrogens (primary N) is 1. The fourth-order valence-electron chi connectivity index (χ4n) is 1.22. The van der Waals surface area contributed by atoms with Crippen molar-refractivity contribution in [3.8, 4) is 0 Å². The average Bonchev–Trinajstić information content (AvgIpc) is 2.20. The molecule has 0 aliphatic carbocycles. The van der Waals surface area contributed by atoms with Gasteiger partial charge in [-0.25, -0.2) is 9.18 Å². The van der Waals surface area contributed by atoms with Crippen molar-refractivity contribution in [3.63, 3.8) is 0 Å². The summed E-state index contributed by atoms with van der Waals surface area (Å²) in [7, 11) is 0. The number of benzene rings is 1. The van der Waals surface area contributed by atoms with Crippen molar-refractivity contribution in [1.29, 1.82) is 0 Å². The molecule has 1 amide bonds. The van der Waals surface area contributed by atoms with E-state index in [9.17, 15) is 14.3 Å². The van der Waals surface area contributed by atoms with Crippen LogP contribution in [0, 0.1) is 5.82 Å². The summed E-state index contributed by atoms with van der Waals surface area (Å²) >= 11 is 5.49. The molecule has 0 spiro atoms. The van der Waals surface area contributed by atoms with Gasteiger partial charge in [0.1, 0.15) is 18.0 Å². The molecule has 1 aromatic carbocycles. The third kappa shape index (κ3) is 3.08. The minimum absolute atomic E-state index is 0.0422. The first-order chi connectivity index (χ1) is 7.41.